The normalized spacial score (nSPS) is 11.0. The Morgan fingerprint density at radius 3 is 2.67 bits per heavy atom. The van der Waals surface area contributed by atoms with Crippen molar-refractivity contribution in [2.45, 2.75) is 0 Å². The largest absolute Gasteiger partial charge is 0.507 e. The second kappa shape index (κ2) is 6.61. The first-order chi connectivity index (χ1) is 13.0. The molecule has 0 fully saturated rings. The second-order valence-electron chi connectivity index (χ2n) is 5.65. The van der Waals surface area contributed by atoms with Crippen LogP contribution in [0.3, 0.4) is 0 Å². The molecule has 0 aliphatic heterocycles. The van der Waals surface area contributed by atoms with Gasteiger partial charge in [-0.25, -0.2) is 9.97 Å². The minimum Gasteiger partial charge on any atom is -0.507 e. The lowest BCUT2D eigenvalue weighted by Gasteiger charge is -2.08. The third-order valence-corrected chi connectivity index (χ3v) is 4.89. The van der Waals surface area contributed by atoms with Gasteiger partial charge >= 0.3 is 5.97 Å². The summed E-state index contributed by atoms with van der Waals surface area (Å²) in [7, 11) is 0. The zero-order valence-electron chi connectivity index (χ0n) is 13.7. The number of phenols is 1. The molecule has 0 radical (unpaired) electrons. The lowest BCUT2D eigenvalue weighted by Crippen LogP contribution is -2.29. The predicted octanol–water partition coefficient (Wildman–Crippen LogP) is 2.43. The van der Waals surface area contributed by atoms with Gasteiger partial charge in [0.05, 0.1) is 21.9 Å². The van der Waals surface area contributed by atoms with Crippen molar-refractivity contribution in [1.29, 1.82) is 0 Å². The Balaban J connectivity index is 1.78. The minimum atomic E-state index is -1.19. The van der Waals surface area contributed by atoms with Crippen LogP contribution >= 0.6 is 11.3 Å². The van der Waals surface area contributed by atoms with Gasteiger partial charge in [0, 0.05) is 0 Å². The van der Waals surface area contributed by atoms with E-state index in [0.717, 1.165) is 10.2 Å². The molecule has 0 aliphatic carbocycles. The van der Waals surface area contributed by atoms with E-state index < -0.39 is 18.4 Å². The summed E-state index contributed by atoms with van der Waals surface area (Å²) >= 11 is 1.48. The van der Waals surface area contributed by atoms with Gasteiger partial charge < -0.3 is 15.5 Å². The van der Waals surface area contributed by atoms with Gasteiger partial charge in [-0.15, -0.1) is 11.3 Å². The van der Waals surface area contributed by atoms with E-state index in [0.29, 0.717) is 16.2 Å². The smallest absolute Gasteiger partial charge is 0.322 e. The molecule has 0 saturated carbocycles. The number of hydrogen-bond donors (Lipinski definition) is 3. The number of aromatic nitrogens is 3. The number of rotatable bonds is 4. The van der Waals surface area contributed by atoms with Crippen LogP contribution in [-0.4, -0.2) is 43.6 Å². The third-order valence-electron chi connectivity index (χ3n) is 3.83. The van der Waals surface area contributed by atoms with Crippen molar-refractivity contribution in [3.8, 4) is 16.5 Å². The zero-order valence-corrected chi connectivity index (χ0v) is 14.5. The first-order valence-electron chi connectivity index (χ1n) is 7.87. The van der Waals surface area contributed by atoms with Crippen molar-refractivity contribution in [2.75, 3.05) is 6.54 Å². The average molecular weight is 380 g/mol. The number of hydrogen-bond acceptors (Lipinski definition) is 7. The van der Waals surface area contributed by atoms with Crippen molar-refractivity contribution in [3.05, 3.63) is 48.2 Å². The Labute approximate surface area is 156 Å². The maximum atomic E-state index is 12.2. The van der Waals surface area contributed by atoms with Crippen LogP contribution in [0.2, 0.25) is 0 Å². The first-order valence-corrected chi connectivity index (χ1v) is 8.69. The molecule has 0 aliphatic rings. The quantitative estimate of drug-likeness (QED) is 0.496. The van der Waals surface area contributed by atoms with E-state index in [-0.39, 0.29) is 16.8 Å². The van der Waals surface area contributed by atoms with Crippen molar-refractivity contribution < 1.29 is 19.8 Å². The lowest BCUT2D eigenvalue weighted by molar-refractivity contribution is -0.135. The minimum absolute atomic E-state index is 0.114. The molecule has 134 valence electrons. The molecule has 4 aromatic rings. The molecule has 0 bridgehead atoms. The number of thiazole rings is 1. The van der Waals surface area contributed by atoms with Gasteiger partial charge in [-0.3, -0.25) is 14.6 Å². The molecule has 9 heteroatoms. The van der Waals surface area contributed by atoms with Crippen LogP contribution in [0.4, 0.5) is 0 Å². The lowest BCUT2D eigenvalue weighted by atomic mass is 10.1. The molecular formula is C18H12N4O4S. The van der Waals surface area contributed by atoms with Crippen LogP contribution in [-0.2, 0) is 4.79 Å². The summed E-state index contributed by atoms with van der Waals surface area (Å²) in [6.07, 6.45) is 1.48. The SMILES string of the molecule is O=C(O)CNC(=O)c1c(O)ccc2nc(-c3nc4ccccc4s3)cnc12. The predicted molar refractivity (Wildman–Crippen MR) is 99.8 cm³/mol. The van der Waals surface area contributed by atoms with E-state index >= 15 is 0 Å². The number of aromatic hydroxyl groups is 1. The highest BCUT2D eigenvalue weighted by Crippen LogP contribution is 2.31. The maximum Gasteiger partial charge on any atom is 0.322 e. The summed E-state index contributed by atoms with van der Waals surface area (Å²) in [6.45, 7) is -0.564. The Morgan fingerprint density at radius 1 is 1.07 bits per heavy atom. The molecule has 4 rings (SSSR count). The number of nitrogens with one attached hydrogen (secondary N) is 1. The molecule has 8 nitrogen and oxygen atoms in total. The fraction of sp³-hybridized carbons (Fsp3) is 0.0556. The van der Waals surface area contributed by atoms with E-state index in [9.17, 15) is 14.7 Å². The highest BCUT2D eigenvalue weighted by molar-refractivity contribution is 7.21. The summed E-state index contributed by atoms with van der Waals surface area (Å²) in [4.78, 5) is 36.2. The number of nitrogens with zero attached hydrogens (tertiary/aromatic N) is 3. The van der Waals surface area contributed by atoms with Gasteiger partial charge in [0.1, 0.15) is 34.1 Å². The molecule has 1 amide bonds. The van der Waals surface area contributed by atoms with Crippen molar-refractivity contribution in [2.24, 2.45) is 0 Å². The Bertz CT molecular complexity index is 1170. The van der Waals surface area contributed by atoms with Crippen LogP contribution in [0.1, 0.15) is 10.4 Å². The van der Waals surface area contributed by atoms with Gasteiger partial charge in [0.15, 0.2) is 0 Å². The number of carbonyl (C=O) groups is 2. The Morgan fingerprint density at radius 2 is 1.89 bits per heavy atom. The molecule has 0 unspecified atom stereocenters. The summed E-state index contributed by atoms with van der Waals surface area (Å²) in [5.41, 5.74) is 1.87. The fourth-order valence-electron chi connectivity index (χ4n) is 2.63. The van der Waals surface area contributed by atoms with E-state index in [1.54, 1.807) is 6.07 Å². The third kappa shape index (κ3) is 3.15. The van der Waals surface area contributed by atoms with E-state index in [4.69, 9.17) is 5.11 Å². The van der Waals surface area contributed by atoms with Crippen molar-refractivity contribution in [1.82, 2.24) is 20.3 Å². The number of amides is 1. The standard InChI is InChI=1S/C18H12N4O4S/c23-12-6-5-10-16(15(12)17(26)20-8-14(24)25)19-7-11(21-10)18-22-9-3-1-2-4-13(9)27-18/h1-7,23H,8H2,(H,20,26)(H,24,25). The molecular weight excluding hydrogens is 368 g/mol. The summed E-state index contributed by atoms with van der Waals surface area (Å²) in [6, 6.07) is 10.6. The molecule has 2 aromatic heterocycles. The van der Waals surface area contributed by atoms with Gasteiger partial charge in [-0.2, -0.15) is 0 Å². The highest BCUT2D eigenvalue weighted by Gasteiger charge is 2.19. The first kappa shape index (κ1) is 16.9. The maximum absolute atomic E-state index is 12.2. The molecule has 0 spiro atoms. The molecule has 2 aromatic carbocycles. The zero-order chi connectivity index (χ0) is 19.0. The number of phenolic OH excluding ortho intramolecular Hbond substituents is 1. The summed E-state index contributed by atoms with van der Waals surface area (Å²) in [5, 5.41) is 21.7. The van der Waals surface area contributed by atoms with E-state index in [2.05, 4.69) is 20.3 Å². The molecule has 0 atom stereocenters. The van der Waals surface area contributed by atoms with Gasteiger partial charge in [-0.1, -0.05) is 12.1 Å². The van der Waals surface area contributed by atoms with Crippen LogP contribution in [0, 0.1) is 0 Å². The van der Waals surface area contributed by atoms with Crippen LogP contribution in [0.15, 0.2) is 42.6 Å². The Kier molecular flexibility index (Phi) is 4.13. The Hall–Kier alpha value is -3.59. The fourth-order valence-corrected chi connectivity index (χ4v) is 3.55. The molecule has 3 N–H and O–H groups in total. The summed E-state index contributed by atoms with van der Waals surface area (Å²) < 4.78 is 1.02. The molecule has 27 heavy (non-hydrogen) atoms. The number of carboxylic acid groups (broad SMARTS) is 1. The van der Waals surface area contributed by atoms with E-state index in [1.165, 1.54) is 23.6 Å². The van der Waals surface area contributed by atoms with Gasteiger partial charge in [-0.05, 0) is 24.3 Å². The number of benzene rings is 2. The number of fused-ring (bicyclic) bond motifs is 2. The molecule has 2 heterocycles. The van der Waals surface area contributed by atoms with Crippen LogP contribution < -0.4 is 5.32 Å². The molecule has 0 saturated heterocycles. The number of carbonyl (C=O) groups excluding carboxylic acids is 1. The number of carboxylic acids is 1. The monoisotopic (exact) mass is 380 g/mol. The number of para-hydroxylation sites is 1. The average Bonchev–Trinajstić information content (AvgIpc) is 3.10. The topological polar surface area (TPSA) is 125 Å². The van der Waals surface area contributed by atoms with Crippen LogP contribution in [0.25, 0.3) is 32.0 Å². The highest BCUT2D eigenvalue weighted by atomic mass is 32.1. The van der Waals surface area contributed by atoms with Crippen LogP contribution in [0.5, 0.6) is 5.75 Å². The second-order valence-corrected chi connectivity index (χ2v) is 6.68. The van der Waals surface area contributed by atoms with Crippen molar-refractivity contribution in [3.63, 3.8) is 0 Å². The van der Waals surface area contributed by atoms with E-state index in [1.807, 2.05) is 24.3 Å². The van der Waals surface area contributed by atoms with Gasteiger partial charge in [0.2, 0.25) is 0 Å². The number of aliphatic carboxylic acids is 1. The summed E-state index contributed by atoms with van der Waals surface area (Å²) in [5.74, 6) is -2.22. The van der Waals surface area contributed by atoms with Gasteiger partial charge in [0.25, 0.3) is 5.91 Å². The van der Waals surface area contributed by atoms with Crippen molar-refractivity contribution >= 4 is 44.5 Å².